The lowest BCUT2D eigenvalue weighted by Gasteiger charge is -2.34. The van der Waals surface area contributed by atoms with Gasteiger partial charge in [0.1, 0.15) is 9.96 Å². The Kier molecular flexibility index (Phi) is 6.10. The van der Waals surface area contributed by atoms with Crippen LogP contribution in [0.25, 0.3) is 0 Å². The number of sulfonamides is 1. The van der Waals surface area contributed by atoms with E-state index in [9.17, 15) is 13.2 Å². The average molecular weight is 429 g/mol. The number of carbonyl (C=O) groups excluding carboxylic acids is 1. The van der Waals surface area contributed by atoms with Crippen molar-refractivity contribution in [3.63, 3.8) is 0 Å². The van der Waals surface area contributed by atoms with Gasteiger partial charge in [0, 0.05) is 36.1 Å². The fraction of sp³-hybridized carbons (Fsp3) is 0.389. The number of hydrogen-bond acceptors (Lipinski definition) is 5. The van der Waals surface area contributed by atoms with Crippen LogP contribution in [0.3, 0.4) is 0 Å². The summed E-state index contributed by atoms with van der Waals surface area (Å²) in [7, 11) is -3.50. The first kappa shape index (κ1) is 20.1. The third-order valence-corrected chi connectivity index (χ3v) is 7.92. The molecule has 6 nitrogen and oxygen atoms in total. The Morgan fingerprint density at radius 2 is 1.89 bits per heavy atom. The number of carbonyl (C=O) groups is 1. The zero-order valence-electron chi connectivity index (χ0n) is 15.1. The van der Waals surface area contributed by atoms with Crippen molar-refractivity contribution in [1.29, 1.82) is 0 Å². The number of aryl methyl sites for hydroxylation is 1. The predicted octanol–water partition coefficient (Wildman–Crippen LogP) is 3.01. The Bertz CT molecular complexity index is 921. The molecule has 0 aliphatic carbocycles. The van der Waals surface area contributed by atoms with Crippen LogP contribution in [-0.4, -0.2) is 55.8 Å². The summed E-state index contributed by atoms with van der Waals surface area (Å²) >= 11 is 7.19. The van der Waals surface area contributed by atoms with Gasteiger partial charge in [-0.05, 0) is 44.2 Å². The van der Waals surface area contributed by atoms with Crippen molar-refractivity contribution >= 4 is 38.9 Å². The zero-order valence-corrected chi connectivity index (χ0v) is 17.5. The maximum absolute atomic E-state index is 12.7. The molecule has 2 heterocycles. The molecule has 1 saturated heterocycles. The Labute approximate surface area is 168 Å². The van der Waals surface area contributed by atoms with Gasteiger partial charge in [-0.15, -0.1) is 11.3 Å². The minimum atomic E-state index is -3.50. The number of hydrogen-bond donors (Lipinski definition) is 0. The number of halogens is 1. The molecule has 1 aliphatic heterocycles. The molecule has 0 radical (unpaired) electrons. The van der Waals surface area contributed by atoms with Gasteiger partial charge in [-0.25, -0.2) is 8.42 Å². The van der Waals surface area contributed by atoms with E-state index in [0.717, 1.165) is 4.88 Å². The molecule has 1 aliphatic rings. The standard InChI is InChI=1S/C18H21ClN2O4S2/c1-13-6-7-17(26-13)27(23,24)21-10-8-20(9-11-21)18(22)14(2)25-16-5-3-4-15(19)12-16/h3-7,12,14H,8-11H2,1-2H3. The second-order valence-corrected chi connectivity index (χ2v) is 10.2. The van der Waals surface area contributed by atoms with Crippen molar-refractivity contribution in [2.75, 3.05) is 26.2 Å². The van der Waals surface area contributed by atoms with E-state index in [-0.39, 0.29) is 19.0 Å². The van der Waals surface area contributed by atoms with Crippen molar-refractivity contribution in [3.05, 3.63) is 46.3 Å². The number of amides is 1. The van der Waals surface area contributed by atoms with Gasteiger partial charge in [0.2, 0.25) is 0 Å². The molecule has 0 N–H and O–H groups in total. The maximum Gasteiger partial charge on any atom is 0.263 e. The van der Waals surface area contributed by atoms with Gasteiger partial charge < -0.3 is 9.64 Å². The van der Waals surface area contributed by atoms with E-state index in [0.29, 0.717) is 28.1 Å². The average Bonchev–Trinajstić information content (AvgIpc) is 3.08. The SMILES string of the molecule is Cc1ccc(S(=O)(=O)N2CCN(C(=O)C(C)Oc3cccc(Cl)c3)CC2)s1. The minimum absolute atomic E-state index is 0.168. The number of nitrogens with zero attached hydrogens (tertiary/aromatic N) is 2. The van der Waals surface area contributed by atoms with Gasteiger partial charge in [-0.2, -0.15) is 4.31 Å². The second kappa shape index (κ2) is 8.18. The van der Waals surface area contributed by atoms with Crippen LogP contribution < -0.4 is 4.74 Å². The lowest BCUT2D eigenvalue weighted by atomic mass is 10.2. The van der Waals surface area contributed by atoms with E-state index < -0.39 is 16.1 Å². The topological polar surface area (TPSA) is 66.9 Å². The summed E-state index contributed by atoms with van der Waals surface area (Å²) in [6.45, 7) is 4.78. The van der Waals surface area contributed by atoms with Gasteiger partial charge in [-0.3, -0.25) is 4.79 Å². The van der Waals surface area contributed by atoms with Crippen LogP contribution in [0.5, 0.6) is 5.75 Å². The van der Waals surface area contributed by atoms with Gasteiger partial charge in [0.05, 0.1) is 0 Å². The summed E-state index contributed by atoms with van der Waals surface area (Å²) < 4.78 is 32.8. The highest BCUT2D eigenvalue weighted by Gasteiger charge is 2.32. The van der Waals surface area contributed by atoms with Crippen LogP contribution in [0.2, 0.25) is 5.02 Å². The van der Waals surface area contributed by atoms with Crippen molar-refractivity contribution in [2.24, 2.45) is 0 Å². The third kappa shape index (κ3) is 4.63. The fourth-order valence-corrected chi connectivity index (χ4v) is 5.92. The van der Waals surface area contributed by atoms with E-state index in [4.69, 9.17) is 16.3 Å². The van der Waals surface area contributed by atoms with Crippen molar-refractivity contribution < 1.29 is 17.9 Å². The van der Waals surface area contributed by atoms with Crippen LogP contribution in [0.1, 0.15) is 11.8 Å². The molecule has 1 atom stereocenters. The van der Waals surface area contributed by atoms with Crippen LogP contribution in [0.15, 0.2) is 40.6 Å². The Balaban J connectivity index is 1.59. The normalized spacial score (nSPS) is 16.9. The molecule has 1 aromatic carbocycles. The molecule has 1 amide bonds. The highest BCUT2D eigenvalue weighted by molar-refractivity contribution is 7.91. The summed E-state index contributed by atoms with van der Waals surface area (Å²) in [5.41, 5.74) is 0. The van der Waals surface area contributed by atoms with E-state index in [1.54, 1.807) is 48.2 Å². The first-order chi connectivity index (χ1) is 12.8. The Morgan fingerprint density at radius 1 is 1.19 bits per heavy atom. The number of benzene rings is 1. The van der Waals surface area contributed by atoms with Crippen molar-refractivity contribution in [1.82, 2.24) is 9.21 Å². The number of piperazine rings is 1. The predicted molar refractivity (Wildman–Crippen MR) is 106 cm³/mol. The van der Waals surface area contributed by atoms with E-state index in [2.05, 4.69) is 0 Å². The number of ether oxygens (including phenoxy) is 1. The van der Waals surface area contributed by atoms with Gasteiger partial charge in [0.25, 0.3) is 15.9 Å². The molecule has 27 heavy (non-hydrogen) atoms. The van der Waals surface area contributed by atoms with E-state index in [1.165, 1.54) is 15.6 Å². The molecule has 0 spiro atoms. The lowest BCUT2D eigenvalue weighted by molar-refractivity contribution is -0.139. The molecule has 146 valence electrons. The smallest absolute Gasteiger partial charge is 0.263 e. The number of thiophene rings is 1. The molecule has 0 bridgehead atoms. The Morgan fingerprint density at radius 3 is 2.48 bits per heavy atom. The van der Waals surface area contributed by atoms with Crippen LogP contribution in [0, 0.1) is 6.92 Å². The summed E-state index contributed by atoms with van der Waals surface area (Å²) in [5, 5.41) is 0.537. The zero-order chi connectivity index (χ0) is 19.6. The molecule has 1 aromatic heterocycles. The quantitative estimate of drug-likeness (QED) is 0.734. The fourth-order valence-electron chi connectivity index (χ4n) is 2.88. The largest absolute Gasteiger partial charge is 0.481 e. The highest BCUT2D eigenvalue weighted by Crippen LogP contribution is 2.25. The van der Waals surface area contributed by atoms with Crippen LogP contribution in [0.4, 0.5) is 0 Å². The number of rotatable bonds is 5. The van der Waals surface area contributed by atoms with Crippen LogP contribution >= 0.6 is 22.9 Å². The summed E-state index contributed by atoms with van der Waals surface area (Å²) in [6.07, 6.45) is -0.674. The monoisotopic (exact) mass is 428 g/mol. The van der Waals surface area contributed by atoms with Crippen molar-refractivity contribution in [2.45, 2.75) is 24.2 Å². The third-order valence-electron chi connectivity index (χ3n) is 4.32. The first-order valence-electron chi connectivity index (χ1n) is 8.55. The molecular weight excluding hydrogens is 408 g/mol. The highest BCUT2D eigenvalue weighted by atomic mass is 35.5. The first-order valence-corrected chi connectivity index (χ1v) is 11.2. The molecule has 1 fully saturated rings. The maximum atomic E-state index is 12.7. The van der Waals surface area contributed by atoms with E-state index >= 15 is 0 Å². The minimum Gasteiger partial charge on any atom is -0.481 e. The van der Waals surface area contributed by atoms with Gasteiger partial charge >= 0.3 is 0 Å². The lowest BCUT2D eigenvalue weighted by Crippen LogP contribution is -2.53. The molecule has 1 unspecified atom stereocenters. The molecule has 2 aromatic rings. The molecule has 3 rings (SSSR count). The summed E-state index contributed by atoms with van der Waals surface area (Å²) in [6, 6.07) is 10.3. The van der Waals surface area contributed by atoms with Crippen molar-refractivity contribution in [3.8, 4) is 5.75 Å². The summed E-state index contributed by atoms with van der Waals surface area (Å²) in [4.78, 5) is 15.2. The van der Waals surface area contributed by atoms with Gasteiger partial charge in [-0.1, -0.05) is 17.7 Å². The Hall–Kier alpha value is -1.61. The second-order valence-electron chi connectivity index (χ2n) is 6.31. The summed E-state index contributed by atoms with van der Waals surface area (Å²) in [5.74, 6) is 0.358. The van der Waals surface area contributed by atoms with Gasteiger partial charge in [0.15, 0.2) is 6.10 Å². The molecule has 0 saturated carbocycles. The van der Waals surface area contributed by atoms with E-state index in [1.807, 2.05) is 6.92 Å². The molecule has 9 heteroatoms. The van der Waals surface area contributed by atoms with Crippen LogP contribution in [-0.2, 0) is 14.8 Å². The molecular formula is C18H21ClN2O4S2.